The van der Waals surface area contributed by atoms with E-state index in [-0.39, 0.29) is 13.0 Å². The van der Waals surface area contributed by atoms with Crippen molar-refractivity contribution in [2.45, 2.75) is 75.8 Å². The van der Waals surface area contributed by atoms with E-state index < -0.39 is 0 Å². The maximum atomic E-state index is 11.7. The van der Waals surface area contributed by atoms with Gasteiger partial charge in [-0.05, 0) is 18.2 Å². The highest BCUT2D eigenvalue weighted by Crippen LogP contribution is 2.42. The van der Waals surface area contributed by atoms with Gasteiger partial charge in [-0.1, -0.05) is 64.2 Å². The van der Waals surface area contributed by atoms with Crippen molar-refractivity contribution in [3.05, 3.63) is 12.5 Å². The average molecular weight is 305 g/mol. The Balaban J connectivity index is 1.66. The molecule has 1 heterocycles. The molecule has 0 N–H and O–H groups in total. The average Bonchev–Trinajstić information content (AvgIpc) is 3.00. The zero-order chi connectivity index (χ0) is 15.4. The van der Waals surface area contributed by atoms with Crippen molar-refractivity contribution in [3.8, 4) is 0 Å². The number of carbonyl (C=O) groups is 1. The maximum Gasteiger partial charge on any atom is 0.416 e. The Kier molecular flexibility index (Phi) is 5.32. The fraction of sp³-hybridized carbons (Fsp3) is 0.824. The standard InChI is InChI=1S/C17H28BNO3/c1-14(19-12-13-21-17(19)20)22-18(15-8-4-2-5-9-15)16-10-6-3-7-11-16/h15-16H,1-13H2. The smallest absolute Gasteiger partial charge is 0.416 e. The van der Waals surface area contributed by atoms with Gasteiger partial charge in [-0.15, -0.1) is 0 Å². The summed E-state index contributed by atoms with van der Waals surface area (Å²) >= 11 is 0. The largest absolute Gasteiger partial charge is 0.549 e. The predicted octanol–water partition coefficient (Wildman–Crippen LogP) is 4.59. The summed E-state index contributed by atoms with van der Waals surface area (Å²) in [5, 5.41) is 0. The molecule has 22 heavy (non-hydrogen) atoms. The van der Waals surface area contributed by atoms with E-state index >= 15 is 0 Å². The van der Waals surface area contributed by atoms with Gasteiger partial charge in [0.05, 0.1) is 6.54 Å². The fourth-order valence-corrected chi connectivity index (χ4v) is 4.34. The van der Waals surface area contributed by atoms with Crippen LogP contribution >= 0.6 is 0 Å². The minimum atomic E-state index is -0.309. The Morgan fingerprint density at radius 3 is 2.05 bits per heavy atom. The quantitative estimate of drug-likeness (QED) is 0.551. The monoisotopic (exact) mass is 305 g/mol. The molecule has 2 saturated carbocycles. The highest BCUT2D eigenvalue weighted by Gasteiger charge is 2.40. The SMILES string of the molecule is C=C(OB(C1CCCCC1)C1CCCCC1)N1CCOC1=O. The fourth-order valence-electron chi connectivity index (χ4n) is 4.34. The zero-order valence-corrected chi connectivity index (χ0v) is 13.6. The van der Waals surface area contributed by atoms with Gasteiger partial charge < -0.3 is 9.39 Å². The van der Waals surface area contributed by atoms with Gasteiger partial charge in [-0.25, -0.2) is 9.69 Å². The third-order valence-corrected chi connectivity index (χ3v) is 5.56. The lowest BCUT2D eigenvalue weighted by molar-refractivity contribution is 0.153. The molecule has 4 nitrogen and oxygen atoms in total. The Labute approximate surface area is 134 Å². The third-order valence-electron chi connectivity index (χ3n) is 5.56. The van der Waals surface area contributed by atoms with Crippen LogP contribution in [0, 0.1) is 0 Å². The third kappa shape index (κ3) is 3.61. The van der Waals surface area contributed by atoms with Crippen molar-refractivity contribution >= 4 is 13.0 Å². The van der Waals surface area contributed by atoms with E-state index in [2.05, 4.69) is 6.58 Å². The summed E-state index contributed by atoms with van der Waals surface area (Å²) < 4.78 is 11.3. The Hall–Kier alpha value is -1.13. The summed E-state index contributed by atoms with van der Waals surface area (Å²) in [5.74, 6) is 1.77. The van der Waals surface area contributed by atoms with Gasteiger partial charge in [-0.3, -0.25) is 0 Å². The van der Waals surface area contributed by atoms with Crippen molar-refractivity contribution in [2.24, 2.45) is 0 Å². The summed E-state index contributed by atoms with van der Waals surface area (Å²) in [6.45, 7) is 5.27. The van der Waals surface area contributed by atoms with Crippen LogP contribution in [0.2, 0.25) is 11.6 Å². The Morgan fingerprint density at radius 1 is 1.05 bits per heavy atom. The number of cyclic esters (lactones) is 1. The molecule has 0 radical (unpaired) electrons. The molecule has 1 amide bonds. The van der Waals surface area contributed by atoms with Crippen molar-refractivity contribution < 1.29 is 14.2 Å². The topological polar surface area (TPSA) is 38.8 Å². The van der Waals surface area contributed by atoms with Crippen LogP contribution in [0.5, 0.6) is 0 Å². The van der Waals surface area contributed by atoms with Crippen LogP contribution in [0.3, 0.4) is 0 Å². The van der Waals surface area contributed by atoms with E-state index in [0.717, 1.165) is 0 Å². The lowest BCUT2D eigenvalue weighted by Crippen LogP contribution is -2.36. The summed E-state index contributed by atoms with van der Waals surface area (Å²) in [6.07, 6.45) is 12.7. The van der Waals surface area contributed by atoms with Gasteiger partial charge >= 0.3 is 13.0 Å². The number of hydrogen-bond donors (Lipinski definition) is 0. The second kappa shape index (κ2) is 7.43. The van der Waals surface area contributed by atoms with Crippen LogP contribution in [-0.2, 0) is 9.39 Å². The number of nitrogens with zero attached hydrogens (tertiary/aromatic N) is 1. The van der Waals surface area contributed by atoms with E-state index in [4.69, 9.17) is 9.39 Å². The minimum absolute atomic E-state index is 0.238. The first-order valence-corrected chi connectivity index (χ1v) is 9.05. The van der Waals surface area contributed by atoms with Gasteiger partial charge in [0.1, 0.15) is 6.61 Å². The van der Waals surface area contributed by atoms with Crippen LogP contribution in [0.25, 0.3) is 0 Å². The normalized spacial score (nSPS) is 24.2. The molecule has 5 heteroatoms. The van der Waals surface area contributed by atoms with Crippen molar-refractivity contribution in [3.63, 3.8) is 0 Å². The van der Waals surface area contributed by atoms with E-state index in [0.29, 0.717) is 30.7 Å². The first-order valence-electron chi connectivity index (χ1n) is 9.05. The molecule has 1 aliphatic heterocycles. The van der Waals surface area contributed by atoms with Gasteiger partial charge in [-0.2, -0.15) is 0 Å². The highest BCUT2D eigenvalue weighted by atomic mass is 16.6. The van der Waals surface area contributed by atoms with Crippen LogP contribution in [0.1, 0.15) is 64.2 Å². The molecule has 1 saturated heterocycles. The second-order valence-electron chi connectivity index (χ2n) is 7.04. The van der Waals surface area contributed by atoms with Gasteiger partial charge in [0.2, 0.25) is 0 Å². The van der Waals surface area contributed by atoms with Crippen LogP contribution < -0.4 is 0 Å². The number of amides is 1. The van der Waals surface area contributed by atoms with Gasteiger partial charge in [0.25, 0.3) is 0 Å². The van der Waals surface area contributed by atoms with E-state index in [1.54, 1.807) is 4.90 Å². The molecule has 3 rings (SSSR count). The second-order valence-corrected chi connectivity index (χ2v) is 7.04. The lowest BCUT2D eigenvalue weighted by atomic mass is 9.42. The highest BCUT2D eigenvalue weighted by molar-refractivity contribution is 6.55. The zero-order valence-electron chi connectivity index (χ0n) is 13.6. The molecular weight excluding hydrogens is 277 g/mol. The summed E-state index contributed by atoms with van der Waals surface area (Å²) in [6, 6.07) is 0. The Bertz CT molecular complexity index is 385. The summed E-state index contributed by atoms with van der Waals surface area (Å²) in [7, 11) is 0. The summed E-state index contributed by atoms with van der Waals surface area (Å²) in [5.41, 5.74) is 0. The number of ether oxygens (including phenoxy) is 1. The number of carbonyl (C=O) groups excluding carboxylic acids is 1. The number of hydrogen-bond acceptors (Lipinski definition) is 3. The first kappa shape index (κ1) is 15.8. The van der Waals surface area contributed by atoms with Crippen LogP contribution in [0.15, 0.2) is 12.5 Å². The minimum Gasteiger partial charge on any atom is -0.549 e. The number of rotatable bonds is 5. The molecule has 0 spiro atoms. The van der Waals surface area contributed by atoms with E-state index in [9.17, 15) is 4.79 Å². The molecule has 0 unspecified atom stereocenters. The molecule has 122 valence electrons. The van der Waals surface area contributed by atoms with E-state index in [1.165, 1.54) is 64.2 Å². The van der Waals surface area contributed by atoms with Crippen molar-refractivity contribution in [1.82, 2.24) is 4.90 Å². The van der Waals surface area contributed by atoms with Crippen molar-refractivity contribution in [1.29, 1.82) is 0 Å². The van der Waals surface area contributed by atoms with Crippen LogP contribution in [-0.4, -0.2) is 31.1 Å². The Morgan fingerprint density at radius 2 is 1.59 bits per heavy atom. The maximum absolute atomic E-state index is 11.7. The molecular formula is C17H28BNO3. The molecule has 3 fully saturated rings. The molecule has 0 atom stereocenters. The predicted molar refractivity (Wildman–Crippen MR) is 87.7 cm³/mol. The first-order chi connectivity index (χ1) is 10.8. The van der Waals surface area contributed by atoms with Crippen LogP contribution in [0.4, 0.5) is 4.79 Å². The van der Waals surface area contributed by atoms with Crippen molar-refractivity contribution in [2.75, 3.05) is 13.2 Å². The summed E-state index contributed by atoms with van der Waals surface area (Å²) in [4.78, 5) is 13.3. The molecule has 0 bridgehead atoms. The molecule has 0 aromatic heterocycles. The molecule has 2 aliphatic carbocycles. The molecule has 0 aromatic carbocycles. The lowest BCUT2D eigenvalue weighted by Gasteiger charge is -2.36. The van der Waals surface area contributed by atoms with E-state index in [1.807, 2.05) is 0 Å². The van der Waals surface area contributed by atoms with Gasteiger partial charge in [0, 0.05) is 0 Å². The molecule has 0 aromatic rings. The molecule has 3 aliphatic rings. The van der Waals surface area contributed by atoms with Gasteiger partial charge in [0.15, 0.2) is 5.88 Å².